The second-order valence-electron chi connectivity index (χ2n) is 7.19. The van der Waals surface area contributed by atoms with Crippen LogP contribution in [-0.4, -0.2) is 4.92 Å². The molecule has 0 saturated carbocycles. The van der Waals surface area contributed by atoms with Crippen molar-refractivity contribution in [2.75, 3.05) is 5.32 Å². The van der Waals surface area contributed by atoms with Crippen molar-refractivity contribution in [3.63, 3.8) is 0 Å². The lowest BCUT2D eigenvalue weighted by Gasteiger charge is -2.38. The number of nitro groups is 1. The molecule has 3 atom stereocenters. The van der Waals surface area contributed by atoms with Gasteiger partial charge in [-0.2, -0.15) is 0 Å². The van der Waals surface area contributed by atoms with Gasteiger partial charge in [0.2, 0.25) is 0 Å². The molecule has 0 bridgehead atoms. The van der Waals surface area contributed by atoms with Gasteiger partial charge in [-0.3, -0.25) is 10.1 Å². The molecule has 1 aliphatic heterocycles. The summed E-state index contributed by atoms with van der Waals surface area (Å²) >= 11 is 6.03. The van der Waals surface area contributed by atoms with E-state index in [1.807, 2.05) is 18.2 Å². The van der Waals surface area contributed by atoms with Gasteiger partial charge in [-0.25, -0.2) is 0 Å². The third-order valence-electron chi connectivity index (χ3n) is 5.79. The lowest BCUT2D eigenvalue weighted by Crippen LogP contribution is -2.29. The summed E-state index contributed by atoms with van der Waals surface area (Å²) in [7, 11) is 0. The Balaban J connectivity index is 1.67. The van der Waals surface area contributed by atoms with Crippen LogP contribution in [0.1, 0.15) is 29.5 Å². The van der Waals surface area contributed by atoms with Crippen LogP contribution in [0.4, 0.5) is 11.4 Å². The molecule has 0 spiro atoms. The number of nitrogens with zero attached hydrogens (tertiary/aromatic N) is 1. The summed E-state index contributed by atoms with van der Waals surface area (Å²) < 4.78 is 0. The van der Waals surface area contributed by atoms with E-state index in [1.54, 1.807) is 12.1 Å². The van der Waals surface area contributed by atoms with Crippen molar-refractivity contribution in [2.45, 2.75) is 18.4 Å². The summed E-state index contributed by atoms with van der Waals surface area (Å²) in [5.41, 5.74) is 3.29. The van der Waals surface area contributed by atoms with Crippen LogP contribution in [0.2, 0.25) is 5.02 Å². The number of hydrogen-bond donors (Lipinski definition) is 1. The largest absolute Gasteiger partial charge is 0.377 e. The van der Waals surface area contributed by atoms with Crippen LogP contribution in [0.5, 0.6) is 0 Å². The molecule has 134 valence electrons. The minimum Gasteiger partial charge on any atom is -0.377 e. The highest BCUT2D eigenvalue weighted by atomic mass is 35.5. The topological polar surface area (TPSA) is 55.2 Å². The van der Waals surface area contributed by atoms with Gasteiger partial charge in [0.15, 0.2) is 0 Å². The molecule has 1 heterocycles. The van der Waals surface area contributed by atoms with Crippen molar-refractivity contribution in [2.24, 2.45) is 5.92 Å². The molecule has 3 aromatic carbocycles. The molecule has 1 N–H and O–H groups in total. The lowest BCUT2D eigenvalue weighted by atomic mass is 9.76. The van der Waals surface area contributed by atoms with Gasteiger partial charge in [-0.05, 0) is 34.9 Å². The summed E-state index contributed by atoms with van der Waals surface area (Å²) in [5, 5.41) is 17.6. The van der Waals surface area contributed by atoms with Crippen molar-refractivity contribution in [3.8, 4) is 0 Å². The van der Waals surface area contributed by atoms with Crippen molar-refractivity contribution in [1.29, 1.82) is 0 Å². The Hall–Kier alpha value is -2.85. The summed E-state index contributed by atoms with van der Waals surface area (Å²) in [6.07, 6.45) is 5.44. The van der Waals surface area contributed by atoms with Gasteiger partial charge in [0, 0.05) is 23.1 Å². The lowest BCUT2D eigenvalue weighted by molar-refractivity contribution is -0.384. The van der Waals surface area contributed by atoms with Crippen LogP contribution in [0.15, 0.2) is 66.7 Å². The van der Waals surface area contributed by atoms with Gasteiger partial charge < -0.3 is 5.32 Å². The molecule has 0 saturated heterocycles. The van der Waals surface area contributed by atoms with Crippen molar-refractivity contribution in [1.82, 2.24) is 0 Å². The zero-order valence-corrected chi connectivity index (χ0v) is 15.2. The van der Waals surface area contributed by atoms with E-state index >= 15 is 0 Å². The molecule has 27 heavy (non-hydrogen) atoms. The smallest absolute Gasteiger partial charge is 0.288 e. The Morgan fingerprint density at radius 2 is 1.96 bits per heavy atom. The Labute approximate surface area is 161 Å². The van der Waals surface area contributed by atoms with E-state index in [0.717, 1.165) is 17.7 Å². The number of allylic oxidation sites excluding steroid dienone is 2. The maximum atomic E-state index is 11.3. The Morgan fingerprint density at radius 3 is 2.81 bits per heavy atom. The Kier molecular flexibility index (Phi) is 3.69. The summed E-state index contributed by atoms with van der Waals surface area (Å²) in [4.78, 5) is 10.9. The van der Waals surface area contributed by atoms with Gasteiger partial charge in [0.05, 0.1) is 11.0 Å². The highest BCUT2D eigenvalue weighted by Crippen LogP contribution is 2.51. The second-order valence-corrected chi connectivity index (χ2v) is 7.60. The van der Waals surface area contributed by atoms with E-state index in [9.17, 15) is 10.1 Å². The van der Waals surface area contributed by atoms with Gasteiger partial charge in [-0.15, -0.1) is 0 Å². The first-order valence-corrected chi connectivity index (χ1v) is 9.40. The van der Waals surface area contributed by atoms with Crippen molar-refractivity contribution < 1.29 is 4.92 Å². The summed E-state index contributed by atoms with van der Waals surface area (Å²) in [6.45, 7) is 0. The Bertz CT molecular complexity index is 1110. The van der Waals surface area contributed by atoms with E-state index < -0.39 is 4.92 Å². The number of anilines is 1. The fraction of sp³-hybridized carbons (Fsp3) is 0.182. The van der Waals surface area contributed by atoms with Gasteiger partial charge >= 0.3 is 0 Å². The Morgan fingerprint density at radius 1 is 1.11 bits per heavy atom. The van der Waals surface area contributed by atoms with E-state index in [-0.39, 0.29) is 16.8 Å². The SMILES string of the molecule is O=[N+]([O-])c1cc(C2Nc3c(ccc4ccccc34)C3C=CCC32)ccc1Cl. The predicted molar refractivity (Wildman–Crippen MR) is 108 cm³/mol. The summed E-state index contributed by atoms with van der Waals surface area (Å²) in [6, 6.07) is 17.8. The average Bonchev–Trinajstić information content (AvgIpc) is 3.17. The molecule has 3 unspecified atom stereocenters. The average molecular weight is 377 g/mol. The van der Waals surface area contributed by atoms with Crippen LogP contribution in [-0.2, 0) is 0 Å². The number of fused-ring (bicyclic) bond motifs is 5. The normalized spacial score (nSPS) is 22.9. The minimum atomic E-state index is -0.414. The standard InChI is InChI=1S/C22H17ClN2O2/c23-19-11-9-14(12-20(19)25(26)27)21-17-7-3-6-16(17)18-10-8-13-4-1-2-5-15(13)22(18)24-21/h1-6,8-12,16-17,21,24H,7H2. The quantitative estimate of drug-likeness (QED) is 0.327. The monoisotopic (exact) mass is 376 g/mol. The van der Waals surface area contributed by atoms with Crippen LogP contribution in [0.3, 0.4) is 0 Å². The van der Waals surface area contributed by atoms with Gasteiger partial charge in [0.1, 0.15) is 5.02 Å². The fourth-order valence-corrected chi connectivity index (χ4v) is 4.72. The van der Waals surface area contributed by atoms with Gasteiger partial charge in [0.25, 0.3) is 5.69 Å². The van der Waals surface area contributed by atoms with Gasteiger partial charge in [-0.1, -0.05) is 66.2 Å². The van der Waals surface area contributed by atoms with Crippen molar-refractivity contribution >= 4 is 33.7 Å². The van der Waals surface area contributed by atoms with E-state index in [2.05, 4.69) is 41.7 Å². The predicted octanol–water partition coefficient (Wildman–Crippen LogP) is 6.23. The molecule has 0 fully saturated rings. The number of nitrogens with one attached hydrogen (secondary N) is 1. The van der Waals surface area contributed by atoms with Crippen LogP contribution in [0.25, 0.3) is 10.8 Å². The second kappa shape index (κ2) is 6.10. The number of hydrogen-bond acceptors (Lipinski definition) is 3. The highest BCUT2D eigenvalue weighted by molar-refractivity contribution is 6.32. The maximum absolute atomic E-state index is 11.3. The number of nitro benzene ring substituents is 1. The van der Waals surface area contributed by atoms with Crippen molar-refractivity contribution in [3.05, 3.63) is 93.0 Å². The molecule has 3 aromatic rings. The number of benzene rings is 3. The fourth-order valence-electron chi connectivity index (χ4n) is 4.53. The molecule has 4 nitrogen and oxygen atoms in total. The number of halogens is 1. The zero-order valence-electron chi connectivity index (χ0n) is 14.4. The van der Waals surface area contributed by atoms with Crippen LogP contribution in [0, 0.1) is 16.0 Å². The molecular formula is C22H17ClN2O2. The highest BCUT2D eigenvalue weighted by Gasteiger charge is 2.39. The maximum Gasteiger partial charge on any atom is 0.288 e. The first-order valence-electron chi connectivity index (χ1n) is 9.02. The molecule has 5 rings (SSSR count). The third-order valence-corrected chi connectivity index (χ3v) is 6.11. The zero-order chi connectivity index (χ0) is 18.5. The van der Waals surface area contributed by atoms with Crippen LogP contribution < -0.4 is 5.32 Å². The molecule has 1 aliphatic carbocycles. The van der Waals surface area contributed by atoms with E-state index in [1.165, 1.54) is 16.3 Å². The third kappa shape index (κ3) is 2.52. The molecule has 2 aliphatic rings. The molecule has 5 heteroatoms. The first kappa shape index (κ1) is 16.3. The van der Waals surface area contributed by atoms with E-state index in [0.29, 0.717) is 11.8 Å². The molecular weight excluding hydrogens is 360 g/mol. The first-order chi connectivity index (χ1) is 13.1. The molecule has 0 amide bonds. The molecule has 0 aromatic heterocycles. The molecule has 0 radical (unpaired) electrons. The van der Waals surface area contributed by atoms with Crippen LogP contribution >= 0.6 is 11.6 Å². The number of rotatable bonds is 2. The summed E-state index contributed by atoms with van der Waals surface area (Å²) in [5.74, 6) is 0.644. The minimum absolute atomic E-state index is 0.000673. The van der Waals surface area contributed by atoms with E-state index in [4.69, 9.17) is 11.6 Å².